The smallest absolute Gasteiger partial charge is 0.142 e. The Labute approximate surface area is 123 Å². The third-order valence-electron chi connectivity index (χ3n) is 2.69. The Hall–Kier alpha value is -3.12. The molecule has 0 radical (unpaired) electrons. The summed E-state index contributed by atoms with van der Waals surface area (Å²) in [5.41, 5.74) is 0.797. The van der Waals surface area contributed by atoms with Crippen LogP contribution in [-0.4, -0.2) is 23.1 Å². The molecule has 0 aliphatic heterocycles. The molecular weight excluding hydrogens is 264 g/mol. The summed E-state index contributed by atoms with van der Waals surface area (Å²) < 4.78 is 0. The summed E-state index contributed by atoms with van der Waals surface area (Å²) in [7, 11) is 0. The molecule has 0 fully saturated rings. The first kappa shape index (κ1) is 14.3. The number of rotatable bonds is 6. The van der Waals surface area contributed by atoms with Crippen LogP contribution >= 0.6 is 0 Å². The van der Waals surface area contributed by atoms with Crippen LogP contribution in [0.4, 0.5) is 11.6 Å². The summed E-state index contributed by atoms with van der Waals surface area (Å²) in [6.07, 6.45) is 0.858. The molecule has 0 bridgehead atoms. The first-order chi connectivity index (χ1) is 10.3. The lowest BCUT2D eigenvalue weighted by Gasteiger charge is -2.07. The van der Waals surface area contributed by atoms with Gasteiger partial charge in [-0.05, 0) is 30.7 Å². The fourth-order valence-electron chi connectivity index (χ4n) is 1.71. The number of hydrogen-bond acceptors (Lipinski definition) is 6. The number of nitriles is 2. The highest BCUT2D eigenvalue weighted by molar-refractivity contribution is 5.39. The molecule has 6 nitrogen and oxygen atoms in total. The van der Waals surface area contributed by atoms with E-state index in [1.54, 1.807) is 24.3 Å². The van der Waals surface area contributed by atoms with Gasteiger partial charge in [-0.2, -0.15) is 10.5 Å². The minimum atomic E-state index is 0.399. The standard InChI is InChI=1S/C15H14N6/c16-10-12-4-1-6-14(20-12)18-8-3-9-19-15-7-2-5-13(11-17)21-15/h1-2,4-7H,3,8-9H2,(H,18,20)(H,19,21). The van der Waals surface area contributed by atoms with Crippen molar-refractivity contribution in [3.8, 4) is 12.1 Å². The van der Waals surface area contributed by atoms with E-state index in [4.69, 9.17) is 10.5 Å². The lowest BCUT2D eigenvalue weighted by molar-refractivity contribution is 0.897. The predicted octanol–water partition coefficient (Wildman–Crippen LogP) is 2.13. The van der Waals surface area contributed by atoms with Crippen LogP contribution in [0, 0.1) is 22.7 Å². The van der Waals surface area contributed by atoms with Gasteiger partial charge >= 0.3 is 0 Å². The van der Waals surface area contributed by atoms with Crippen LogP contribution in [0.25, 0.3) is 0 Å². The molecule has 2 heterocycles. The van der Waals surface area contributed by atoms with Gasteiger partial charge in [0.05, 0.1) is 0 Å². The molecule has 0 saturated carbocycles. The van der Waals surface area contributed by atoms with E-state index in [0.717, 1.165) is 19.5 Å². The van der Waals surface area contributed by atoms with Gasteiger partial charge in [0, 0.05) is 13.1 Å². The molecule has 0 spiro atoms. The van der Waals surface area contributed by atoms with E-state index in [1.807, 2.05) is 24.3 Å². The Kier molecular flexibility index (Phi) is 5.08. The zero-order chi connectivity index (χ0) is 14.9. The fraction of sp³-hybridized carbons (Fsp3) is 0.200. The molecule has 0 amide bonds. The monoisotopic (exact) mass is 278 g/mol. The molecule has 21 heavy (non-hydrogen) atoms. The topological polar surface area (TPSA) is 97.4 Å². The maximum absolute atomic E-state index is 8.76. The lowest BCUT2D eigenvalue weighted by Crippen LogP contribution is -2.10. The Morgan fingerprint density at radius 3 is 1.71 bits per heavy atom. The number of hydrogen-bond donors (Lipinski definition) is 2. The molecule has 2 aromatic rings. The van der Waals surface area contributed by atoms with Crippen molar-refractivity contribution in [1.82, 2.24) is 9.97 Å². The van der Waals surface area contributed by atoms with Crippen LogP contribution in [0.15, 0.2) is 36.4 Å². The van der Waals surface area contributed by atoms with Crippen LogP contribution in [0.2, 0.25) is 0 Å². The normalized spacial score (nSPS) is 9.43. The lowest BCUT2D eigenvalue weighted by atomic mass is 10.3. The molecule has 2 aromatic heterocycles. The minimum Gasteiger partial charge on any atom is -0.370 e. The van der Waals surface area contributed by atoms with Gasteiger partial charge in [-0.15, -0.1) is 0 Å². The van der Waals surface area contributed by atoms with Crippen LogP contribution in [0.5, 0.6) is 0 Å². The van der Waals surface area contributed by atoms with Crippen molar-refractivity contribution in [1.29, 1.82) is 10.5 Å². The van der Waals surface area contributed by atoms with Crippen molar-refractivity contribution in [3.05, 3.63) is 47.8 Å². The fourth-order valence-corrected chi connectivity index (χ4v) is 1.71. The SMILES string of the molecule is N#Cc1cccc(NCCCNc2cccc(C#N)n2)n1. The third-order valence-corrected chi connectivity index (χ3v) is 2.69. The van der Waals surface area contributed by atoms with Crippen LogP contribution in [0.1, 0.15) is 17.8 Å². The molecule has 0 saturated heterocycles. The van der Waals surface area contributed by atoms with Crippen LogP contribution < -0.4 is 10.6 Å². The van der Waals surface area contributed by atoms with Gasteiger partial charge in [-0.25, -0.2) is 9.97 Å². The van der Waals surface area contributed by atoms with Crippen LogP contribution in [-0.2, 0) is 0 Å². The highest BCUT2D eigenvalue weighted by atomic mass is 15.0. The Morgan fingerprint density at radius 2 is 1.29 bits per heavy atom. The zero-order valence-corrected chi connectivity index (χ0v) is 11.4. The summed E-state index contributed by atoms with van der Waals surface area (Å²) >= 11 is 0. The highest BCUT2D eigenvalue weighted by Gasteiger charge is 1.97. The van der Waals surface area contributed by atoms with Gasteiger partial charge in [-0.3, -0.25) is 0 Å². The van der Waals surface area contributed by atoms with Crippen molar-refractivity contribution in [2.75, 3.05) is 23.7 Å². The zero-order valence-electron chi connectivity index (χ0n) is 11.4. The quantitative estimate of drug-likeness (QED) is 0.786. The van der Waals surface area contributed by atoms with Gasteiger partial charge in [0.25, 0.3) is 0 Å². The molecule has 2 N–H and O–H groups in total. The van der Waals surface area contributed by atoms with Gasteiger partial charge in [0.1, 0.15) is 35.2 Å². The molecule has 0 atom stereocenters. The molecule has 104 valence electrons. The van der Waals surface area contributed by atoms with E-state index in [0.29, 0.717) is 23.0 Å². The second kappa shape index (κ2) is 7.46. The number of anilines is 2. The molecule has 0 aromatic carbocycles. The number of nitrogens with one attached hydrogen (secondary N) is 2. The van der Waals surface area contributed by atoms with E-state index in [9.17, 15) is 0 Å². The molecule has 2 rings (SSSR count). The van der Waals surface area contributed by atoms with Crippen LogP contribution in [0.3, 0.4) is 0 Å². The first-order valence-electron chi connectivity index (χ1n) is 6.54. The Balaban J connectivity index is 1.72. The predicted molar refractivity (Wildman–Crippen MR) is 79.5 cm³/mol. The Morgan fingerprint density at radius 1 is 0.810 bits per heavy atom. The van der Waals surface area contributed by atoms with Crippen molar-refractivity contribution in [3.63, 3.8) is 0 Å². The summed E-state index contributed by atoms with van der Waals surface area (Å²) in [5, 5.41) is 23.8. The Bertz CT molecular complexity index is 624. The third kappa shape index (κ3) is 4.48. The molecular formula is C15H14N6. The summed E-state index contributed by atoms with van der Waals surface area (Å²) in [5.74, 6) is 1.39. The van der Waals surface area contributed by atoms with Crippen molar-refractivity contribution in [2.45, 2.75) is 6.42 Å². The average molecular weight is 278 g/mol. The van der Waals surface area contributed by atoms with E-state index >= 15 is 0 Å². The number of aromatic nitrogens is 2. The summed E-state index contributed by atoms with van der Waals surface area (Å²) in [6, 6.07) is 14.6. The summed E-state index contributed by atoms with van der Waals surface area (Å²) in [6.45, 7) is 1.46. The molecule has 0 aliphatic rings. The van der Waals surface area contributed by atoms with E-state index < -0.39 is 0 Å². The maximum Gasteiger partial charge on any atom is 0.142 e. The minimum absolute atomic E-state index is 0.399. The molecule has 6 heteroatoms. The average Bonchev–Trinajstić information content (AvgIpc) is 2.55. The van der Waals surface area contributed by atoms with Gasteiger partial charge in [-0.1, -0.05) is 12.1 Å². The molecule has 0 aliphatic carbocycles. The van der Waals surface area contributed by atoms with Crippen molar-refractivity contribution < 1.29 is 0 Å². The largest absolute Gasteiger partial charge is 0.370 e. The second-order valence-corrected chi connectivity index (χ2v) is 4.25. The van der Waals surface area contributed by atoms with Crippen molar-refractivity contribution in [2.24, 2.45) is 0 Å². The molecule has 0 unspecified atom stereocenters. The van der Waals surface area contributed by atoms with Gasteiger partial charge < -0.3 is 10.6 Å². The number of pyridine rings is 2. The van der Waals surface area contributed by atoms with E-state index in [-0.39, 0.29) is 0 Å². The second-order valence-electron chi connectivity index (χ2n) is 4.25. The van der Waals surface area contributed by atoms with E-state index in [1.165, 1.54) is 0 Å². The highest BCUT2D eigenvalue weighted by Crippen LogP contribution is 2.05. The van der Waals surface area contributed by atoms with Gasteiger partial charge in [0.15, 0.2) is 0 Å². The number of nitrogens with zero attached hydrogens (tertiary/aromatic N) is 4. The van der Waals surface area contributed by atoms with Gasteiger partial charge in [0.2, 0.25) is 0 Å². The van der Waals surface area contributed by atoms with E-state index in [2.05, 4.69) is 20.6 Å². The summed E-state index contributed by atoms with van der Waals surface area (Å²) in [4.78, 5) is 8.26. The maximum atomic E-state index is 8.76. The van der Waals surface area contributed by atoms with Crippen molar-refractivity contribution >= 4 is 11.6 Å². The first-order valence-corrected chi connectivity index (χ1v) is 6.54.